The molecule has 6 nitrogen and oxygen atoms in total. The van der Waals surface area contributed by atoms with Crippen molar-refractivity contribution in [3.05, 3.63) is 45.9 Å². The van der Waals surface area contributed by atoms with Crippen LogP contribution in [-0.2, 0) is 6.42 Å². The van der Waals surface area contributed by atoms with E-state index in [1.807, 2.05) is 30.5 Å². The third-order valence-corrected chi connectivity index (χ3v) is 6.46. The van der Waals surface area contributed by atoms with Crippen LogP contribution < -0.4 is 4.74 Å². The van der Waals surface area contributed by atoms with Crippen molar-refractivity contribution in [2.45, 2.75) is 42.3 Å². The fourth-order valence-electron chi connectivity index (χ4n) is 2.70. The van der Waals surface area contributed by atoms with Crippen LogP contribution in [-0.4, -0.2) is 61.0 Å². The van der Waals surface area contributed by atoms with Crippen molar-refractivity contribution < 1.29 is 25.2 Å². The molecule has 1 aliphatic rings. The molecule has 4 N–H and O–H groups in total. The number of aromatic nitrogens is 1. The van der Waals surface area contributed by atoms with Crippen LogP contribution in [0.3, 0.4) is 0 Å². The van der Waals surface area contributed by atoms with Crippen molar-refractivity contribution in [1.82, 2.24) is 4.98 Å². The van der Waals surface area contributed by atoms with Gasteiger partial charge < -0.3 is 25.2 Å². The molecule has 3 rings (SSSR count). The van der Waals surface area contributed by atoms with Crippen LogP contribution in [0.15, 0.2) is 29.6 Å². The maximum atomic E-state index is 10.2. The van der Waals surface area contributed by atoms with Gasteiger partial charge in [0.1, 0.15) is 18.0 Å². The molecule has 0 spiro atoms. The van der Waals surface area contributed by atoms with Gasteiger partial charge in [-0.15, -0.1) is 23.1 Å². The summed E-state index contributed by atoms with van der Waals surface area (Å²) in [5.74, 6) is 0.590. The summed E-state index contributed by atoms with van der Waals surface area (Å²) in [6.45, 7) is 1.63. The largest absolute Gasteiger partial charge is 0.477 e. The number of aliphatic hydroxyl groups is 4. The summed E-state index contributed by atoms with van der Waals surface area (Å²) < 4.78 is 5.94. The molecule has 0 bridgehead atoms. The molecule has 0 saturated carbocycles. The zero-order chi connectivity index (χ0) is 18.0. The molecule has 0 unspecified atom stereocenters. The number of benzene rings is 1. The van der Waals surface area contributed by atoms with Crippen molar-refractivity contribution in [2.24, 2.45) is 0 Å². The van der Waals surface area contributed by atoms with Crippen molar-refractivity contribution >= 4 is 23.1 Å². The Morgan fingerprint density at radius 2 is 1.88 bits per heavy atom. The third kappa shape index (κ3) is 4.16. The third-order valence-electron chi connectivity index (χ3n) is 4.07. The highest BCUT2D eigenvalue weighted by Gasteiger charge is 2.44. The molecule has 2 heterocycles. The van der Waals surface area contributed by atoms with Crippen molar-refractivity contribution in [1.29, 1.82) is 0 Å². The summed E-state index contributed by atoms with van der Waals surface area (Å²) in [5, 5.41) is 41.8. The molecule has 1 saturated heterocycles. The van der Waals surface area contributed by atoms with E-state index >= 15 is 0 Å². The summed E-state index contributed by atoms with van der Waals surface area (Å²) in [5.41, 5.74) is 1.11. The molecular weight excluding hydrogens is 362 g/mol. The maximum Gasteiger partial charge on any atom is 0.173 e. The molecule has 1 fully saturated rings. The molecule has 0 amide bonds. The highest BCUT2D eigenvalue weighted by atomic mass is 32.2. The summed E-state index contributed by atoms with van der Waals surface area (Å²) in [4.78, 5) is 4.46. The SMILES string of the molecule is Cc1csc(Cc2ccccc2O[C@@H]2S[C@H](CO)[C@@H](O)[C@H](O)[C@H]2O)n1. The minimum Gasteiger partial charge on any atom is -0.477 e. The van der Waals surface area contributed by atoms with Gasteiger partial charge in [0.25, 0.3) is 0 Å². The molecule has 1 aliphatic heterocycles. The Bertz CT molecular complexity index is 708. The van der Waals surface area contributed by atoms with Crippen LogP contribution in [0.5, 0.6) is 5.75 Å². The van der Waals surface area contributed by atoms with Gasteiger partial charge in [0, 0.05) is 23.1 Å². The van der Waals surface area contributed by atoms with E-state index in [-0.39, 0.29) is 6.61 Å². The number of nitrogens with zero attached hydrogens (tertiary/aromatic N) is 1. The highest BCUT2D eigenvalue weighted by Crippen LogP contribution is 2.35. The average Bonchev–Trinajstić information content (AvgIpc) is 3.02. The lowest BCUT2D eigenvalue weighted by Crippen LogP contribution is -2.55. The Kier molecular flexibility index (Phi) is 5.98. The Labute approximate surface area is 154 Å². The Hall–Kier alpha value is -1.16. The lowest BCUT2D eigenvalue weighted by Gasteiger charge is -2.39. The second-order valence-electron chi connectivity index (χ2n) is 5.98. The summed E-state index contributed by atoms with van der Waals surface area (Å²) in [6.07, 6.45) is -3.20. The summed E-state index contributed by atoms with van der Waals surface area (Å²) in [7, 11) is 0. The predicted molar refractivity (Wildman–Crippen MR) is 97.0 cm³/mol. The standard InChI is InChI=1S/C17H21NO5S2/c1-9-8-24-13(18-9)6-10-4-2-3-5-11(10)23-17-16(22)15(21)14(20)12(7-19)25-17/h2-5,8,12,14-17,19-22H,6-7H2,1H3/t12-,14-,15+,16-,17-/m1/s1. The molecule has 25 heavy (non-hydrogen) atoms. The van der Waals surface area contributed by atoms with Gasteiger partial charge in [-0.05, 0) is 13.0 Å². The van der Waals surface area contributed by atoms with Gasteiger partial charge in [0.2, 0.25) is 0 Å². The number of thiazole rings is 1. The fraction of sp³-hybridized carbons (Fsp3) is 0.471. The van der Waals surface area contributed by atoms with Crippen LogP contribution in [0, 0.1) is 6.92 Å². The second-order valence-corrected chi connectivity index (χ2v) is 8.27. The number of aliphatic hydroxyl groups excluding tert-OH is 4. The first-order valence-corrected chi connectivity index (χ1v) is 9.78. The van der Waals surface area contributed by atoms with Crippen molar-refractivity contribution in [3.8, 4) is 5.75 Å². The molecule has 2 aromatic rings. The lowest BCUT2D eigenvalue weighted by atomic mass is 10.0. The van der Waals surface area contributed by atoms with Crippen molar-refractivity contribution in [2.75, 3.05) is 6.61 Å². The van der Waals surface area contributed by atoms with Gasteiger partial charge in [-0.3, -0.25) is 0 Å². The number of hydrogen-bond donors (Lipinski definition) is 4. The molecule has 8 heteroatoms. The fourth-order valence-corrected chi connectivity index (χ4v) is 4.73. The van der Waals surface area contributed by atoms with E-state index in [1.54, 1.807) is 17.4 Å². The number of aryl methyl sites for hydroxylation is 1. The lowest BCUT2D eigenvalue weighted by molar-refractivity contribution is -0.0910. The van der Waals surface area contributed by atoms with E-state index in [0.29, 0.717) is 12.2 Å². The number of ether oxygens (including phenoxy) is 1. The number of thioether (sulfide) groups is 1. The predicted octanol–water partition coefficient (Wildman–Crippen LogP) is 0.938. The van der Waals surface area contributed by atoms with Gasteiger partial charge in [-0.25, -0.2) is 4.98 Å². The average molecular weight is 383 g/mol. The van der Waals surface area contributed by atoms with E-state index in [2.05, 4.69) is 4.98 Å². The normalized spacial score (nSPS) is 29.6. The summed E-state index contributed by atoms with van der Waals surface area (Å²) >= 11 is 2.70. The molecule has 0 radical (unpaired) electrons. The van der Waals surface area contributed by atoms with E-state index in [9.17, 15) is 20.4 Å². The van der Waals surface area contributed by atoms with Crippen LogP contribution in [0.1, 0.15) is 16.3 Å². The van der Waals surface area contributed by atoms with Crippen LogP contribution in [0.2, 0.25) is 0 Å². The smallest absolute Gasteiger partial charge is 0.173 e. The number of para-hydroxylation sites is 1. The zero-order valence-corrected chi connectivity index (χ0v) is 15.3. The molecular formula is C17H21NO5S2. The number of rotatable bonds is 5. The minimum atomic E-state index is -1.36. The first-order chi connectivity index (χ1) is 12.0. The van der Waals surface area contributed by atoms with Gasteiger partial charge in [-0.2, -0.15) is 0 Å². The number of hydrogen-bond acceptors (Lipinski definition) is 8. The molecule has 136 valence electrons. The second kappa shape index (κ2) is 8.03. The molecule has 1 aromatic heterocycles. The van der Waals surface area contributed by atoms with E-state index in [1.165, 1.54) is 0 Å². The first kappa shape index (κ1) is 18.6. The quantitative estimate of drug-likeness (QED) is 0.609. The van der Waals surface area contributed by atoms with Gasteiger partial charge in [-0.1, -0.05) is 18.2 Å². The van der Waals surface area contributed by atoms with E-state index in [4.69, 9.17) is 4.74 Å². The van der Waals surface area contributed by atoms with E-state index in [0.717, 1.165) is 28.0 Å². The van der Waals surface area contributed by atoms with Gasteiger partial charge in [0.15, 0.2) is 5.44 Å². The maximum absolute atomic E-state index is 10.2. The first-order valence-electron chi connectivity index (χ1n) is 7.95. The molecule has 5 atom stereocenters. The Morgan fingerprint density at radius 1 is 1.12 bits per heavy atom. The van der Waals surface area contributed by atoms with Crippen LogP contribution in [0.25, 0.3) is 0 Å². The Morgan fingerprint density at radius 3 is 2.56 bits per heavy atom. The molecule has 0 aliphatic carbocycles. The van der Waals surface area contributed by atoms with Crippen molar-refractivity contribution in [3.63, 3.8) is 0 Å². The topological polar surface area (TPSA) is 103 Å². The van der Waals surface area contributed by atoms with Gasteiger partial charge >= 0.3 is 0 Å². The zero-order valence-electron chi connectivity index (χ0n) is 13.6. The molecule has 1 aromatic carbocycles. The van der Waals surface area contributed by atoms with Crippen LogP contribution in [0.4, 0.5) is 0 Å². The Balaban J connectivity index is 1.78. The van der Waals surface area contributed by atoms with Gasteiger partial charge in [0.05, 0.1) is 23.0 Å². The summed E-state index contributed by atoms with van der Waals surface area (Å²) in [6, 6.07) is 7.47. The monoisotopic (exact) mass is 383 g/mol. The minimum absolute atomic E-state index is 0.310. The van der Waals surface area contributed by atoms with E-state index < -0.39 is 29.0 Å². The highest BCUT2D eigenvalue weighted by molar-refractivity contribution is 8.00. The van der Waals surface area contributed by atoms with Crippen LogP contribution >= 0.6 is 23.1 Å².